The second kappa shape index (κ2) is 3.67. The zero-order valence-electron chi connectivity index (χ0n) is 9.18. The summed E-state index contributed by atoms with van der Waals surface area (Å²) < 4.78 is 1.41. The molecule has 1 aromatic carbocycles. The molecular weight excluding hydrogens is 234 g/mol. The maximum atomic E-state index is 11.7. The fourth-order valence-electron chi connectivity index (χ4n) is 2.01. The molecule has 7 nitrogen and oxygen atoms in total. The van der Waals surface area contributed by atoms with Gasteiger partial charge in [0.1, 0.15) is 0 Å². The van der Waals surface area contributed by atoms with Crippen molar-refractivity contribution in [2.24, 2.45) is 5.84 Å². The first kappa shape index (κ1) is 10.5. The normalized spacial score (nSPS) is 10.9. The van der Waals surface area contributed by atoms with Crippen LogP contribution in [0.15, 0.2) is 35.1 Å². The van der Waals surface area contributed by atoms with Crippen LogP contribution < -0.4 is 17.0 Å². The number of nitrogen functional groups attached to an aromatic ring is 1. The minimum absolute atomic E-state index is 0.346. The number of nitrogens with one attached hydrogen (secondary N) is 2. The largest absolute Gasteiger partial charge is 0.348 e. The topological polar surface area (TPSA) is 105 Å². The summed E-state index contributed by atoms with van der Waals surface area (Å²) in [5.41, 5.74) is 3.09. The molecule has 0 radical (unpaired) electrons. The summed E-state index contributed by atoms with van der Waals surface area (Å²) in [5, 5.41) is 6.83. The summed E-state index contributed by atoms with van der Waals surface area (Å²) in [7, 11) is 0. The van der Waals surface area contributed by atoms with Crippen LogP contribution in [0.2, 0.25) is 0 Å². The number of H-pyrrole nitrogens is 1. The van der Waals surface area contributed by atoms with Crippen LogP contribution in [0.3, 0.4) is 0 Å². The average molecular weight is 243 g/mol. The molecule has 3 aromatic rings. The lowest BCUT2D eigenvalue weighted by Crippen LogP contribution is -2.30. The quantitative estimate of drug-likeness (QED) is 0.312. The van der Waals surface area contributed by atoms with Crippen molar-refractivity contribution in [3.05, 3.63) is 46.4 Å². The van der Waals surface area contributed by atoms with Crippen LogP contribution in [0.5, 0.6) is 0 Å². The van der Waals surface area contributed by atoms with E-state index >= 15 is 0 Å². The maximum Gasteiger partial charge on any atom is 0.348 e. The number of hydrogen-bond donors (Lipinski definition) is 3. The summed E-state index contributed by atoms with van der Waals surface area (Å²) in [4.78, 5) is 23.4. The predicted octanol–water partition coefficient (Wildman–Crippen LogP) is -0.221. The smallest absolute Gasteiger partial charge is 0.290 e. The number of aromatic nitrogens is 3. The Morgan fingerprint density at radius 2 is 2.17 bits per heavy atom. The number of carbonyl (C=O) groups excluding carboxylic acids is 1. The number of benzene rings is 1. The number of fused-ring (bicyclic) bond motifs is 3. The first-order valence-corrected chi connectivity index (χ1v) is 5.22. The number of hydrazine groups is 1. The Labute approximate surface area is 100 Å². The standard InChI is InChI=1S/C11H9N5O2/c12-13-10(17)7-5-9-14-15-11(18)16(9)8-4-2-1-3-6(7)8/h1-5H,12H2,(H,13,17)(H,15,18). The molecule has 4 N–H and O–H groups in total. The van der Waals surface area contributed by atoms with Crippen LogP contribution in [0.1, 0.15) is 10.4 Å². The molecular formula is C11H9N5O2. The molecule has 0 aliphatic heterocycles. The average Bonchev–Trinajstić information content (AvgIpc) is 2.79. The van der Waals surface area contributed by atoms with Crippen molar-refractivity contribution in [1.29, 1.82) is 0 Å². The van der Waals surface area contributed by atoms with E-state index in [1.165, 1.54) is 10.5 Å². The number of carbonyl (C=O) groups is 1. The van der Waals surface area contributed by atoms with Crippen LogP contribution >= 0.6 is 0 Å². The van der Waals surface area contributed by atoms with Gasteiger partial charge in [-0.1, -0.05) is 18.2 Å². The Bertz CT molecular complexity index is 817. The maximum absolute atomic E-state index is 11.7. The van der Waals surface area contributed by atoms with Crippen molar-refractivity contribution in [3.63, 3.8) is 0 Å². The third-order valence-electron chi connectivity index (χ3n) is 2.78. The second-order valence-corrected chi connectivity index (χ2v) is 3.77. The highest BCUT2D eigenvalue weighted by Gasteiger charge is 2.14. The molecule has 0 aliphatic rings. The van der Waals surface area contributed by atoms with E-state index in [2.05, 4.69) is 15.6 Å². The molecule has 1 amide bonds. The van der Waals surface area contributed by atoms with Crippen LogP contribution in [0.25, 0.3) is 16.6 Å². The number of rotatable bonds is 1. The lowest BCUT2D eigenvalue weighted by molar-refractivity contribution is 0.0955. The highest BCUT2D eigenvalue weighted by molar-refractivity contribution is 6.07. The molecule has 18 heavy (non-hydrogen) atoms. The first-order valence-electron chi connectivity index (χ1n) is 5.22. The van der Waals surface area contributed by atoms with E-state index < -0.39 is 5.91 Å². The van der Waals surface area contributed by atoms with Gasteiger partial charge in [-0.15, -0.1) is 0 Å². The molecule has 0 aliphatic carbocycles. The third kappa shape index (κ3) is 1.31. The van der Waals surface area contributed by atoms with Gasteiger partial charge in [0.25, 0.3) is 5.91 Å². The minimum Gasteiger partial charge on any atom is -0.290 e. The van der Waals surface area contributed by atoms with Crippen molar-refractivity contribution in [3.8, 4) is 0 Å². The van der Waals surface area contributed by atoms with E-state index in [9.17, 15) is 9.59 Å². The van der Waals surface area contributed by atoms with E-state index in [1.54, 1.807) is 24.3 Å². The number of pyridine rings is 1. The van der Waals surface area contributed by atoms with Gasteiger partial charge in [0.05, 0.1) is 11.1 Å². The molecule has 90 valence electrons. The van der Waals surface area contributed by atoms with Crippen molar-refractivity contribution < 1.29 is 4.79 Å². The Morgan fingerprint density at radius 3 is 2.94 bits per heavy atom. The van der Waals surface area contributed by atoms with E-state index in [-0.39, 0.29) is 5.69 Å². The van der Waals surface area contributed by atoms with Gasteiger partial charge in [-0.2, -0.15) is 5.10 Å². The highest BCUT2D eigenvalue weighted by atomic mass is 16.2. The Balaban J connectivity index is 2.56. The Morgan fingerprint density at radius 1 is 1.39 bits per heavy atom. The molecule has 0 bridgehead atoms. The first-order chi connectivity index (χ1) is 8.72. The Kier molecular flexibility index (Phi) is 2.14. The minimum atomic E-state index is -0.427. The van der Waals surface area contributed by atoms with E-state index in [1.807, 2.05) is 0 Å². The van der Waals surface area contributed by atoms with Gasteiger partial charge in [-0.05, 0) is 12.1 Å². The second-order valence-electron chi connectivity index (χ2n) is 3.77. The SMILES string of the molecule is NNC(=O)c1cc2n[nH]c(=O)n2c2ccccc12. The number of amides is 1. The van der Waals surface area contributed by atoms with Crippen LogP contribution in [0, 0.1) is 0 Å². The molecule has 0 saturated carbocycles. The van der Waals surface area contributed by atoms with Gasteiger partial charge in [0.15, 0.2) is 5.65 Å². The Hall–Kier alpha value is -2.67. The van der Waals surface area contributed by atoms with Crippen LogP contribution in [-0.4, -0.2) is 20.5 Å². The van der Waals surface area contributed by atoms with Gasteiger partial charge in [0.2, 0.25) is 0 Å². The number of para-hydroxylation sites is 1. The third-order valence-corrected chi connectivity index (χ3v) is 2.78. The van der Waals surface area contributed by atoms with Gasteiger partial charge in [-0.25, -0.2) is 20.1 Å². The van der Waals surface area contributed by atoms with Crippen molar-refractivity contribution >= 4 is 22.5 Å². The fraction of sp³-hybridized carbons (Fsp3) is 0. The molecule has 2 heterocycles. The predicted molar refractivity (Wildman–Crippen MR) is 65.0 cm³/mol. The number of hydrogen-bond acceptors (Lipinski definition) is 4. The summed E-state index contributed by atoms with van der Waals surface area (Å²) >= 11 is 0. The highest BCUT2D eigenvalue weighted by Crippen LogP contribution is 2.19. The number of nitrogens with two attached hydrogens (primary N) is 1. The summed E-state index contributed by atoms with van der Waals surface area (Å²) in [5.74, 6) is 4.72. The van der Waals surface area contributed by atoms with Gasteiger partial charge in [-0.3, -0.25) is 10.2 Å². The number of nitrogens with zero attached hydrogens (tertiary/aromatic N) is 2. The monoisotopic (exact) mass is 243 g/mol. The summed E-state index contributed by atoms with van der Waals surface area (Å²) in [6.07, 6.45) is 0. The van der Waals surface area contributed by atoms with Crippen molar-refractivity contribution in [2.75, 3.05) is 0 Å². The van der Waals surface area contributed by atoms with Gasteiger partial charge in [0, 0.05) is 5.39 Å². The van der Waals surface area contributed by atoms with Crippen LogP contribution in [-0.2, 0) is 0 Å². The molecule has 0 fully saturated rings. The van der Waals surface area contributed by atoms with Gasteiger partial charge < -0.3 is 0 Å². The summed E-state index contributed by atoms with van der Waals surface area (Å²) in [6.45, 7) is 0. The molecule has 0 unspecified atom stereocenters. The fourth-order valence-corrected chi connectivity index (χ4v) is 2.01. The zero-order chi connectivity index (χ0) is 12.7. The molecule has 0 saturated heterocycles. The summed E-state index contributed by atoms with van der Waals surface area (Å²) in [6, 6.07) is 8.58. The van der Waals surface area contributed by atoms with Gasteiger partial charge >= 0.3 is 5.69 Å². The molecule has 0 atom stereocenters. The van der Waals surface area contributed by atoms with Crippen molar-refractivity contribution in [1.82, 2.24) is 20.0 Å². The lowest BCUT2D eigenvalue weighted by atomic mass is 10.1. The van der Waals surface area contributed by atoms with Crippen molar-refractivity contribution in [2.45, 2.75) is 0 Å². The van der Waals surface area contributed by atoms with Crippen LogP contribution in [0.4, 0.5) is 0 Å². The van der Waals surface area contributed by atoms with E-state index in [4.69, 9.17) is 5.84 Å². The molecule has 3 rings (SSSR count). The van der Waals surface area contributed by atoms with E-state index in [0.717, 1.165) is 0 Å². The number of aromatic amines is 1. The lowest BCUT2D eigenvalue weighted by Gasteiger charge is -2.06. The molecule has 2 aromatic heterocycles. The molecule has 7 heteroatoms. The van der Waals surface area contributed by atoms with E-state index in [0.29, 0.717) is 22.1 Å². The molecule has 0 spiro atoms. The zero-order valence-corrected chi connectivity index (χ0v) is 9.18.